The summed E-state index contributed by atoms with van der Waals surface area (Å²) in [6.45, 7) is 2.13. The maximum Gasteiger partial charge on any atom is 0.240 e. The molecule has 3 nitrogen and oxygen atoms in total. The third-order valence-electron chi connectivity index (χ3n) is 2.05. The first kappa shape index (κ1) is 10.0. The number of benzene rings is 1. The Balaban J connectivity index is 2.47. The molecule has 0 unspecified atom stereocenters. The van der Waals surface area contributed by atoms with E-state index in [0.717, 1.165) is 28.1 Å². The highest BCUT2D eigenvalue weighted by Crippen LogP contribution is 2.26. The summed E-state index contributed by atoms with van der Waals surface area (Å²) in [7, 11) is 0. The van der Waals surface area contributed by atoms with E-state index in [2.05, 4.69) is 16.9 Å². The Labute approximate surface area is 91.5 Å². The van der Waals surface area contributed by atoms with Crippen LogP contribution in [0.5, 0.6) is 0 Å². The van der Waals surface area contributed by atoms with Crippen LogP contribution in [0.4, 0.5) is 5.69 Å². The lowest BCUT2D eigenvalue weighted by Crippen LogP contribution is -1.78. The number of isocyanates is 1. The fourth-order valence-electron chi connectivity index (χ4n) is 1.40. The molecule has 1 heterocycles. The van der Waals surface area contributed by atoms with Gasteiger partial charge in [0.15, 0.2) is 0 Å². The summed E-state index contributed by atoms with van der Waals surface area (Å²) in [5.74, 6) is 0. The van der Waals surface area contributed by atoms with E-state index in [1.807, 2.05) is 12.1 Å². The highest BCUT2D eigenvalue weighted by atomic mass is 32.1. The second-order valence-electron chi connectivity index (χ2n) is 3.21. The number of hydrogen-bond acceptors (Lipinski definition) is 4. The fraction of sp³-hybridized carbons (Fsp3) is 0.273. The smallest absolute Gasteiger partial charge is 0.240 e. The minimum Gasteiger partial charge on any atom is -0.241 e. The second-order valence-corrected chi connectivity index (χ2v) is 4.33. The Kier molecular flexibility index (Phi) is 2.90. The molecule has 0 spiro atoms. The van der Waals surface area contributed by atoms with E-state index in [9.17, 15) is 4.79 Å². The van der Waals surface area contributed by atoms with Crippen LogP contribution in [0.15, 0.2) is 23.2 Å². The van der Waals surface area contributed by atoms with Crippen molar-refractivity contribution in [3.63, 3.8) is 0 Å². The van der Waals surface area contributed by atoms with Crippen molar-refractivity contribution in [3.05, 3.63) is 23.2 Å². The minimum absolute atomic E-state index is 0.643. The van der Waals surface area contributed by atoms with E-state index in [-0.39, 0.29) is 0 Å². The Morgan fingerprint density at radius 1 is 1.53 bits per heavy atom. The highest BCUT2D eigenvalue weighted by Gasteiger charge is 2.03. The molecule has 1 aromatic heterocycles. The monoisotopic (exact) mass is 218 g/mol. The Morgan fingerprint density at radius 2 is 2.40 bits per heavy atom. The third-order valence-corrected chi connectivity index (χ3v) is 3.13. The van der Waals surface area contributed by atoms with Gasteiger partial charge < -0.3 is 0 Å². The van der Waals surface area contributed by atoms with Crippen molar-refractivity contribution in [3.8, 4) is 0 Å². The number of aliphatic imine (C=N–C) groups is 1. The molecular formula is C11H10N2OS. The van der Waals surface area contributed by atoms with Crippen LogP contribution < -0.4 is 0 Å². The van der Waals surface area contributed by atoms with Gasteiger partial charge in [-0.3, -0.25) is 0 Å². The van der Waals surface area contributed by atoms with Gasteiger partial charge in [-0.1, -0.05) is 6.92 Å². The van der Waals surface area contributed by atoms with Crippen molar-refractivity contribution in [2.24, 2.45) is 4.99 Å². The molecule has 2 aromatic rings. The van der Waals surface area contributed by atoms with Gasteiger partial charge in [0.25, 0.3) is 0 Å². The second kappa shape index (κ2) is 4.34. The van der Waals surface area contributed by atoms with Gasteiger partial charge in [-0.05, 0) is 31.0 Å². The number of aryl methyl sites for hydroxylation is 1. The minimum atomic E-state index is 0.643. The summed E-state index contributed by atoms with van der Waals surface area (Å²) in [6.07, 6.45) is 3.64. The van der Waals surface area contributed by atoms with Gasteiger partial charge in [0.05, 0.1) is 20.9 Å². The Bertz CT molecular complexity index is 526. The van der Waals surface area contributed by atoms with Crippen LogP contribution in [0.25, 0.3) is 10.2 Å². The van der Waals surface area contributed by atoms with Crippen molar-refractivity contribution in [1.82, 2.24) is 4.98 Å². The molecule has 0 aliphatic carbocycles. The molecule has 0 bridgehead atoms. The molecular weight excluding hydrogens is 208 g/mol. The third kappa shape index (κ3) is 2.12. The molecule has 0 atom stereocenters. The summed E-state index contributed by atoms with van der Waals surface area (Å²) < 4.78 is 1.08. The molecule has 15 heavy (non-hydrogen) atoms. The summed E-state index contributed by atoms with van der Waals surface area (Å²) in [6, 6.07) is 5.54. The zero-order valence-corrected chi connectivity index (χ0v) is 9.17. The average molecular weight is 218 g/mol. The zero-order valence-electron chi connectivity index (χ0n) is 8.36. The Morgan fingerprint density at radius 3 is 3.13 bits per heavy atom. The molecule has 1 aromatic carbocycles. The van der Waals surface area contributed by atoms with Crippen LogP contribution in [0, 0.1) is 0 Å². The number of aromatic nitrogens is 1. The van der Waals surface area contributed by atoms with E-state index in [1.165, 1.54) is 6.08 Å². The van der Waals surface area contributed by atoms with Gasteiger partial charge >= 0.3 is 0 Å². The number of hydrogen-bond donors (Lipinski definition) is 0. The van der Waals surface area contributed by atoms with Crippen molar-refractivity contribution >= 4 is 33.3 Å². The first-order chi connectivity index (χ1) is 7.33. The van der Waals surface area contributed by atoms with Crippen LogP contribution in [-0.2, 0) is 11.2 Å². The van der Waals surface area contributed by atoms with Gasteiger partial charge in [0.2, 0.25) is 6.08 Å². The molecule has 0 aliphatic heterocycles. The van der Waals surface area contributed by atoms with Gasteiger partial charge in [-0.15, -0.1) is 11.3 Å². The maximum absolute atomic E-state index is 10.1. The van der Waals surface area contributed by atoms with E-state index in [0.29, 0.717) is 5.69 Å². The van der Waals surface area contributed by atoms with E-state index in [4.69, 9.17) is 0 Å². The predicted molar refractivity (Wildman–Crippen MR) is 61.4 cm³/mol. The number of nitrogens with zero attached hydrogens (tertiary/aromatic N) is 2. The lowest BCUT2D eigenvalue weighted by molar-refractivity contribution is 0.565. The van der Waals surface area contributed by atoms with Crippen molar-refractivity contribution in [1.29, 1.82) is 0 Å². The van der Waals surface area contributed by atoms with Crippen molar-refractivity contribution in [2.75, 3.05) is 0 Å². The highest BCUT2D eigenvalue weighted by molar-refractivity contribution is 7.18. The molecule has 0 amide bonds. The van der Waals surface area contributed by atoms with Gasteiger partial charge in [-0.25, -0.2) is 9.78 Å². The van der Waals surface area contributed by atoms with Crippen LogP contribution in [0.1, 0.15) is 18.4 Å². The maximum atomic E-state index is 10.1. The number of fused-ring (bicyclic) bond motifs is 1. The topological polar surface area (TPSA) is 42.3 Å². The normalized spacial score (nSPS) is 10.2. The molecule has 2 rings (SSSR count). The zero-order chi connectivity index (χ0) is 10.7. The predicted octanol–water partition coefficient (Wildman–Crippen LogP) is 3.22. The van der Waals surface area contributed by atoms with Crippen molar-refractivity contribution < 1.29 is 4.79 Å². The standard InChI is InChI=1S/C11H10N2OS/c1-2-3-11-13-9-5-4-8(12-7-14)6-10(9)15-11/h4-6H,2-3H2,1H3. The van der Waals surface area contributed by atoms with Crippen molar-refractivity contribution in [2.45, 2.75) is 19.8 Å². The lowest BCUT2D eigenvalue weighted by atomic mass is 10.3. The summed E-state index contributed by atoms with van der Waals surface area (Å²) in [4.78, 5) is 18.2. The fourth-order valence-corrected chi connectivity index (χ4v) is 2.51. The van der Waals surface area contributed by atoms with Crippen LogP contribution >= 0.6 is 11.3 Å². The van der Waals surface area contributed by atoms with Crippen LogP contribution in [0.3, 0.4) is 0 Å². The molecule has 0 saturated heterocycles. The summed E-state index contributed by atoms with van der Waals surface area (Å²) in [5.41, 5.74) is 1.62. The number of carbonyl (C=O) groups excluding carboxylic acids is 1. The molecule has 0 N–H and O–H groups in total. The van der Waals surface area contributed by atoms with Crippen LogP contribution in [0.2, 0.25) is 0 Å². The summed E-state index contributed by atoms with van der Waals surface area (Å²) in [5, 5.41) is 1.14. The summed E-state index contributed by atoms with van der Waals surface area (Å²) >= 11 is 1.66. The molecule has 76 valence electrons. The quantitative estimate of drug-likeness (QED) is 0.586. The largest absolute Gasteiger partial charge is 0.241 e. The molecule has 0 radical (unpaired) electrons. The van der Waals surface area contributed by atoms with Gasteiger partial charge in [0, 0.05) is 0 Å². The number of rotatable bonds is 3. The molecule has 0 saturated carbocycles. The van der Waals surface area contributed by atoms with E-state index < -0.39 is 0 Å². The molecule has 0 aliphatic rings. The first-order valence-electron chi connectivity index (χ1n) is 4.81. The number of thiazole rings is 1. The van der Waals surface area contributed by atoms with Gasteiger partial charge in [-0.2, -0.15) is 4.99 Å². The SMILES string of the molecule is CCCc1nc2ccc(N=C=O)cc2s1. The van der Waals surface area contributed by atoms with Gasteiger partial charge in [0.1, 0.15) is 0 Å². The van der Waals surface area contributed by atoms with Crippen LogP contribution in [-0.4, -0.2) is 11.1 Å². The first-order valence-corrected chi connectivity index (χ1v) is 5.62. The van der Waals surface area contributed by atoms with E-state index in [1.54, 1.807) is 17.4 Å². The van der Waals surface area contributed by atoms with E-state index >= 15 is 0 Å². The lowest BCUT2D eigenvalue weighted by Gasteiger charge is -1.88. The average Bonchev–Trinajstić information content (AvgIpc) is 2.60. The molecule has 0 fully saturated rings. The Hall–Kier alpha value is -1.51. The molecule has 4 heteroatoms.